The van der Waals surface area contributed by atoms with Crippen molar-refractivity contribution in [1.82, 2.24) is 10.2 Å². The predicted octanol–water partition coefficient (Wildman–Crippen LogP) is 6.22. The maximum Gasteiger partial charge on any atom is 0.244 e. The summed E-state index contributed by atoms with van der Waals surface area (Å²) in [6.45, 7) is 8.12. The Morgan fingerprint density at radius 3 is 2.10 bits per heavy atom. The van der Waals surface area contributed by atoms with Crippen LogP contribution in [-0.2, 0) is 38.0 Å². The van der Waals surface area contributed by atoms with Crippen LogP contribution in [0.5, 0.6) is 0 Å². The van der Waals surface area contributed by atoms with Gasteiger partial charge in [-0.05, 0) is 52.8 Å². The van der Waals surface area contributed by atoms with Gasteiger partial charge < -0.3 is 10.2 Å². The van der Waals surface area contributed by atoms with E-state index < -0.39 is 28.5 Å². The Labute approximate surface area is 259 Å². The van der Waals surface area contributed by atoms with Gasteiger partial charge in [-0.25, -0.2) is 8.42 Å². The standard InChI is InChI=1S/C32H39Cl2N3O4S/c1-6-18-35-31(39)29(20-23-10-8-7-9-11-23)36(21-24-12-17-27(33)28(34)19-24)30(38)22-37(42(5,40)41)26-15-13-25(14-16-26)32(2,3)4/h7-17,19,29H,6,18,20-22H2,1-5H3,(H,35,39)/t29-/m1/s1. The molecule has 0 aromatic heterocycles. The molecule has 3 aromatic rings. The Kier molecular flexibility index (Phi) is 11.5. The molecule has 3 aromatic carbocycles. The molecule has 0 spiro atoms. The third-order valence-corrected chi connectivity index (χ3v) is 8.74. The van der Waals surface area contributed by atoms with Gasteiger partial charge in [0.1, 0.15) is 12.6 Å². The van der Waals surface area contributed by atoms with E-state index >= 15 is 0 Å². The molecule has 226 valence electrons. The average molecular weight is 633 g/mol. The molecule has 0 saturated heterocycles. The van der Waals surface area contributed by atoms with Gasteiger partial charge in [0.25, 0.3) is 0 Å². The third kappa shape index (κ3) is 9.21. The molecule has 0 fully saturated rings. The summed E-state index contributed by atoms with van der Waals surface area (Å²) in [5.41, 5.74) is 2.78. The summed E-state index contributed by atoms with van der Waals surface area (Å²) < 4.78 is 27.1. The Hall–Kier alpha value is -3.07. The van der Waals surface area contributed by atoms with Gasteiger partial charge in [-0.2, -0.15) is 0 Å². The second-order valence-electron chi connectivity index (χ2n) is 11.3. The summed E-state index contributed by atoms with van der Waals surface area (Å²) in [5, 5.41) is 3.59. The molecule has 0 saturated carbocycles. The molecule has 0 aliphatic carbocycles. The normalized spacial score (nSPS) is 12.5. The van der Waals surface area contributed by atoms with Gasteiger partial charge in [0.15, 0.2) is 0 Å². The predicted molar refractivity (Wildman–Crippen MR) is 172 cm³/mol. The fourth-order valence-corrected chi connectivity index (χ4v) is 5.67. The maximum absolute atomic E-state index is 14.1. The molecule has 10 heteroatoms. The zero-order valence-corrected chi connectivity index (χ0v) is 27.1. The monoisotopic (exact) mass is 631 g/mol. The number of hydrogen-bond acceptors (Lipinski definition) is 4. The van der Waals surface area contributed by atoms with Crippen molar-refractivity contribution in [3.05, 3.63) is 99.5 Å². The highest BCUT2D eigenvalue weighted by molar-refractivity contribution is 7.92. The molecule has 0 unspecified atom stereocenters. The first-order valence-corrected chi connectivity index (χ1v) is 16.4. The van der Waals surface area contributed by atoms with Gasteiger partial charge >= 0.3 is 0 Å². The first-order chi connectivity index (χ1) is 19.7. The fourth-order valence-electron chi connectivity index (χ4n) is 4.50. The number of benzene rings is 3. The van der Waals surface area contributed by atoms with Crippen LogP contribution in [0.1, 0.15) is 50.8 Å². The summed E-state index contributed by atoms with van der Waals surface area (Å²) in [5.74, 6) is -0.853. The molecule has 1 atom stereocenters. The van der Waals surface area contributed by atoms with Crippen molar-refractivity contribution in [2.24, 2.45) is 0 Å². The maximum atomic E-state index is 14.1. The Balaban J connectivity index is 2.05. The minimum atomic E-state index is -3.85. The second-order valence-corrected chi connectivity index (χ2v) is 14.1. The van der Waals surface area contributed by atoms with E-state index in [0.717, 1.165) is 28.1 Å². The number of carbonyl (C=O) groups excluding carboxylic acids is 2. The van der Waals surface area contributed by atoms with Crippen LogP contribution in [0, 0.1) is 0 Å². The second kappa shape index (κ2) is 14.4. The summed E-state index contributed by atoms with van der Waals surface area (Å²) in [6.07, 6.45) is 2.02. The van der Waals surface area contributed by atoms with Crippen molar-refractivity contribution in [1.29, 1.82) is 0 Å². The largest absolute Gasteiger partial charge is 0.354 e. The topological polar surface area (TPSA) is 86.8 Å². The van der Waals surface area contributed by atoms with Crippen molar-refractivity contribution < 1.29 is 18.0 Å². The van der Waals surface area contributed by atoms with Crippen LogP contribution in [0.25, 0.3) is 0 Å². The lowest BCUT2D eigenvalue weighted by molar-refractivity contribution is -0.140. The minimum Gasteiger partial charge on any atom is -0.354 e. The summed E-state index contributed by atoms with van der Waals surface area (Å²) >= 11 is 12.4. The van der Waals surface area contributed by atoms with Crippen LogP contribution in [0.2, 0.25) is 10.0 Å². The van der Waals surface area contributed by atoms with Crippen LogP contribution in [0.4, 0.5) is 5.69 Å². The number of hydrogen-bond donors (Lipinski definition) is 1. The lowest BCUT2D eigenvalue weighted by Crippen LogP contribution is -2.53. The van der Waals surface area contributed by atoms with E-state index in [1.165, 1.54) is 4.90 Å². The quantitative estimate of drug-likeness (QED) is 0.257. The van der Waals surface area contributed by atoms with Gasteiger partial charge in [0.05, 0.1) is 22.0 Å². The lowest BCUT2D eigenvalue weighted by atomic mass is 9.87. The fraction of sp³-hybridized carbons (Fsp3) is 0.375. The van der Waals surface area contributed by atoms with Crippen LogP contribution >= 0.6 is 23.2 Å². The summed E-state index contributed by atoms with van der Waals surface area (Å²) in [7, 11) is -3.85. The van der Waals surface area contributed by atoms with Crippen molar-refractivity contribution in [2.75, 3.05) is 23.7 Å². The number of amides is 2. The van der Waals surface area contributed by atoms with Crippen molar-refractivity contribution >= 4 is 50.7 Å². The highest BCUT2D eigenvalue weighted by Gasteiger charge is 2.33. The van der Waals surface area contributed by atoms with Crippen LogP contribution in [0.15, 0.2) is 72.8 Å². The number of halogens is 2. The molecular weight excluding hydrogens is 593 g/mol. The van der Waals surface area contributed by atoms with E-state index in [1.54, 1.807) is 30.3 Å². The zero-order chi connectivity index (χ0) is 31.1. The van der Waals surface area contributed by atoms with E-state index in [2.05, 4.69) is 26.1 Å². The number of anilines is 1. The number of rotatable bonds is 12. The number of sulfonamides is 1. The molecule has 0 aliphatic rings. The van der Waals surface area contributed by atoms with Crippen molar-refractivity contribution in [3.63, 3.8) is 0 Å². The Morgan fingerprint density at radius 1 is 0.905 bits per heavy atom. The van der Waals surface area contributed by atoms with Crippen molar-refractivity contribution in [3.8, 4) is 0 Å². The van der Waals surface area contributed by atoms with E-state index in [1.807, 2.05) is 49.4 Å². The van der Waals surface area contributed by atoms with Gasteiger partial charge in [0, 0.05) is 19.5 Å². The first kappa shape index (κ1) is 33.4. The molecule has 7 nitrogen and oxygen atoms in total. The minimum absolute atomic E-state index is 0.0212. The third-order valence-electron chi connectivity index (χ3n) is 6.86. The molecule has 0 heterocycles. The van der Waals surface area contributed by atoms with Gasteiger partial charge in [-0.15, -0.1) is 0 Å². The lowest BCUT2D eigenvalue weighted by Gasteiger charge is -2.33. The molecule has 42 heavy (non-hydrogen) atoms. The molecule has 1 N–H and O–H groups in total. The number of carbonyl (C=O) groups is 2. The Morgan fingerprint density at radius 2 is 1.55 bits per heavy atom. The van der Waals surface area contributed by atoms with E-state index in [4.69, 9.17) is 23.2 Å². The van der Waals surface area contributed by atoms with Gasteiger partial charge in [-0.3, -0.25) is 13.9 Å². The van der Waals surface area contributed by atoms with E-state index in [0.29, 0.717) is 27.8 Å². The zero-order valence-electron chi connectivity index (χ0n) is 24.7. The highest BCUT2D eigenvalue weighted by atomic mass is 35.5. The molecule has 2 amide bonds. The van der Waals surface area contributed by atoms with E-state index in [-0.39, 0.29) is 24.3 Å². The van der Waals surface area contributed by atoms with Crippen LogP contribution in [0.3, 0.4) is 0 Å². The van der Waals surface area contributed by atoms with Crippen LogP contribution < -0.4 is 9.62 Å². The summed E-state index contributed by atoms with van der Waals surface area (Å²) in [6, 6.07) is 20.6. The van der Waals surface area contributed by atoms with Crippen molar-refractivity contribution in [2.45, 2.75) is 58.5 Å². The molecule has 0 bridgehead atoms. The molecule has 0 radical (unpaired) electrons. The number of nitrogens with one attached hydrogen (secondary N) is 1. The van der Waals surface area contributed by atoms with Crippen LogP contribution in [-0.4, -0.2) is 50.5 Å². The SMILES string of the molecule is CCCNC(=O)[C@@H](Cc1ccccc1)N(Cc1ccc(Cl)c(Cl)c1)C(=O)CN(c1ccc(C(C)(C)C)cc1)S(C)(=O)=O. The number of nitrogens with zero attached hydrogens (tertiary/aromatic N) is 2. The van der Waals surface area contributed by atoms with Gasteiger partial charge in [0.2, 0.25) is 21.8 Å². The first-order valence-electron chi connectivity index (χ1n) is 13.8. The average Bonchev–Trinajstić information content (AvgIpc) is 2.93. The molecular formula is C32H39Cl2N3O4S. The van der Waals surface area contributed by atoms with Gasteiger partial charge in [-0.1, -0.05) is 99.4 Å². The molecule has 0 aliphatic heterocycles. The van der Waals surface area contributed by atoms with E-state index in [9.17, 15) is 18.0 Å². The smallest absolute Gasteiger partial charge is 0.244 e. The summed E-state index contributed by atoms with van der Waals surface area (Å²) in [4.78, 5) is 29.1. The Bertz CT molecular complexity index is 1470. The highest BCUT2D eigenvalue weighted by Crippen LogP contribution is 2.27. The molecule has 3 rings (SSSR count).